The van der Waals surface area contributed by atoms with Crippen LogP contribution in [0.15, 0.2) is 94.3 Å². The van der Waals surface area contributed by atoms with Gasteiger partial charge in [0.1, 0.15) is 12.2 Å². The van der Waals surface area contributed by atoms with Crippen molar-refractivity contribution in [1.82, 2.24) is 0 Å². The van der Waals surface area contributed by atoms with Crippen LogP contribution in [0.1, 0.15) is 74.3 Å². The average Bonchev–Trinajstić information content (AvgIpc) is 3.73. The minimum absolute atomic E-state index is 0.157. The van der Waals surface area contributed by atoms with E-state index in [2.05, 4.69) is 88.7 Å². The molecule has 1 saturated heterocycles. The highest BCUT2D eigenvalue weighted by Crippen LogP contribution is 2.53. The smallest absolute Gasteiger partial charge is 0.338 e. The Morgan fingerprint density at radius 1 is 0.925 bits per heavy atom. The molecule has 1 spiro atoms. The number of hydrogen-bond acceptors (Lipinski definition) is 5. The number of ether oxygens (including phenoxy) is 3. The summed E-state index contributed by atoms with van der Waals surface area (Å²) >= 11 is 5.65. The number of hydrogen-bond donors (Lipinski definition) is 0. The summed E-state index contributed by atoms with van der Waals surface area (Å²) in [6, 6.07) is 27.0. The number of benzene rings is 3. The van der Waals surface area contributed by atoms with Crippen LogP contribution < -0.4 is 0 Å². The average molecular weight is 620 g/mol. The van der Waals surface area contributed by atoms with Gasteiger partial charge in [-0.15, -0.1) is 11.8 Å². The summed E-state index contributed by atoms with van der Waals surface area (Å²) in [5.41, 5.74) is 3.80. The first-order valence-corrected chi connectivity index (χ1v) is 16.0. The third-order valence-corrected chi connectivity index (χ3v) is 10.3. The maximum absolute atomic E-state index is 13.1. The molecule has 1 aliphatic heterocycles. The number of carbonyl (C=O) groups is 1. The van der Waals surface area contributed by atoms with Gasteiger partial charge in [-0.3, -0.25) is 0 Å². The molecule has 0 N–H and O–H groups in total. The molecule has 4 nitrogen and oxygen atoms in total. The fraction of sp³-hybridized carbons (Fsp3) is 0.382. The van der Waals surface area contributed by atoms with E-state index in [1.165, 1.54) is 17.7 Å². The van der Waals surface area contributed by atoms with Crippen LogP contribution in [0.4, 0.5) is 0 Å². The van der Waals surface area contributed by atoms with Crippen LogP contribution in [-0.4, -0.2) is 23.6 Å². The molecular weight excluding hydrogens is 584 g/mol. The van der Waals surface area contributed by atoms with Gasteiger partial charge in [0.15, 0.2) is 5.79 Å². The lowest BCUT2D eigenvalue weighted by molar-refractivity contribution is -0.198. The zero-order valence-corrected chi connectivity index (χ0v) is 25.2. The highest BCUT2D eigenvalue weighted by atomic mass is 79.9. The molecule has 40 heavy (non-hydrogen) atoms. The van der Waals surface area contributed by atoms with E-state index in [1.807, 2.05) is 30.8 Å². The van der Waals surface area contributed by atoms with E-state index >= 15 is 0 Å². The lowest BCUT2D eigenvalue weighted by Crippen LogP contribution is -2.35. The fourth-order valence-corrected chi connectivity index (χ4v) is 7.43. The van der Waals surface area contributed by atoms with Crippen LogP contribution in [-0.2, 0) is 19.0 Å². The molecule has 2 aliphatic carbocycles. The number of esters is 1. The van der Waals surface area contributed by atoms with E-state index in [4.69, 9.17) is 14.2 Å². The van der Waals surface area contributed by atoms with Crippen molar-refractivity contribution < 1.29 is 19.0 Å². The number of carbonyl (C=O) groups excluding carboxylic acids is 1. The van der Waals surface area contributed by atoms with Gasteiger partial charge < -0.3 is 14.2 Å². The quantitative estimate of drug-likeness (QED) is 0.186. The summed E-state index contributed by atoms with van der Waals surface area (Å²) in [5.74, 6) is -0.651. The van der Waals surface area contributed by atoms with Gasteiger partial charge in [0.05, 0.1) is 12.2 Å². The minimum atomic E-state index is -0.625. The van der Waals surface area contributed by atoms with Crippen molar-refractivity contribution in [3.8, 4) is 0 Å². The molecule has 0 amide bonds. The van der Waals surface area contributed by atoms with Gasteiger partial charge in [-0.1, -0.05) is 72.8 Å². The van der Waals surface area contributed by atoms with E-state index < -0.39 is 5.79 Å². The third-order valence-electron chi connectivity index (χ3n) is 7.97. The van der Waals surface area contributed by atoms with Crippen molar-refractivity contribution in [3.05, 3.63) is 106 Å². The summed E-state index contributed by atoms with van der Waals surface area (Å²) in [5, 5.41) is 0.722. The lowest BCUT2D eigenvalue weighted by Gasteiger charge is -2.35. The molecule has 2 saturated carbocycles. The molecule has 6 heteroatoms. The molecule has 0 radical (unpaired) electrons. The molecule has 3 aromatic carbocycles. The number of rotatable bonds is 8. The Hall–Kier alpha value is -2.38. The molecule has 3 aliphatic rings. The molecule has 0 bridgehead atoms. The second kappa shape index (κ2) is 12.2. The predicted molar refractivity (Wildman–Crippen MR) is 163 cm³/mol. The van der Waals surface area contributed by atoms with Gasteiger partial charge in [0, 0.05) is 27.5 Å². The highest BCUT2D eigenvalue weighted by Gasteiger charge is 2.50. The topological polar surface area (TPSA) is 44.8 Å². The molecular formula is C34H35BrO4S. The standard InChI is InChI=1S/C34H35BrO4S/c1-2-37-33(36)28(26-13-16-30(29(35)22-26)40-27-14-15-27)21-23-17-19-34(20-18-23)38-31(24-9-5-3-6-10-24)32(39-34)25-11-7-4-8-12-25/h3-13,16,21-23,27,31-32H,2,14-15,17-20H2,1H3/t31-,32-/m0/s1. The molecule has 0 unspecified atom stereocenters. The second-order valence-corrected chi connectivity index (χ2v) is 13.1. The van der Waals surface area contributed by atoms with Gasteiger partial charge in [-0.05, 0) is 83.3 Å². The summed E-state index contributed by atoms with van der Waals surface area (Å²) in [6.07, 6.45) is 7.67. The summed E-state index contributed by atoms with van der Waals surface area (Å²) in [4.78, 5) is 14.3. The van der Waals surface area contributed by atoms with Crippen molar-refractivity contribution in [2.24, 2.45) is 5.92 Å². The van der Waals surface area contributed by atoms with Crippen molar-refractivity contribution in [1.29, 1.82) is 0 Å². The predicted octanol–water partition coefficient (Wildman–Crippen LogP) is 9.07. The molecule has 2 atom stereocenters. The monoisotopic (exact) mass is 618 g/mol. The van der Waals surface area contributed by atoms with Gasteiger partial charge >= 0.3 is 5.97 Å². The SMILES string of the molecule is CCOC(=O)C(=CC1CCC2(CC1)O[C@@H](c1ccccc1)[C@H](c1ccccc1)O2)c1ccc(SC2CC2)c(Br)c1. The minimum Gasteiger partial charge on any atom is -0.462 e. The van der Waals surface area contributed by atoms with Crippen LogP contribution in [0, 0.1) is 5.92 Å². The molecule has 208 valence electrons. The molecule has 6 rings (SSSR count). The Kier molecular flexibility index (Phi) is 8.50. The Labute approximate surface area is 249 Å². The number of halogens is 1. The maximum Gasteiger partial charge on any atom is 0.338 e. The molecule has 0 aromatic heterocycles. The normalized spacial score (nSPS) is 22.9. The Morgan fingerprint density at radius 3 is 2.05 bits per heavy atom. The number of allylic oxidation sites excluding steroid dienone is 1. The maximum atomic E-state index is 13.1. The first kappa shape index (κ1) is 27.8. The Morgan fingerprint density at radius 2 is 1.52 bits per heavy atom. The van der Waals surface area contributed by atoms with Crippen molar-refractivity contribution in [3.63, 3.8) is 0 Å². The van der Waals surface area contributed by atoms with E-state index in [9.17, 15) is 4.79 Å². The van der Waals surface area contributed by atoms with Crippen LogP contribution in [0.25, 0.3) is 5.57 Å². The van der Waals surface area contributed by atoms with Gasteiger partial charge in [0.2, 0.25) is 0 Å². The second-order valence-electron chi connectivity index (χ2n) is 10.9. The van der Waals surface area contributed by atoms with E-state index in [0.29, 0.717) is 12.2 Å². The zero-order chi connectivity index (χ0) is 27.5. The van der Waals surface area contributed by atoms with Crippen LogP contribution >= 0.6 is 27.7 Å². The van der Waals surface area contributed by atoms with Crippen molar-refractivity contribution in [2.45, 2.75) is 73.6 Å². The van der Waals surface area contributed by atoms with E-state index in [-0.39, 0.29) is 24.1 Å². The zero-order valence-electron chi connectivity index (χ0n) is 22.8. The molecule has 3 fully saturated rings. The van der Waals surface area contributed by atoms with E-state index in [1.54, 1.807) is 0 Å². The van der Waals surface area contributed by atoms with Gasteiger partial charge in [-0.25, -0.2) is 4.79 Å². The number of thioether (sulfide) groups is 1. The fourth-order valence-electron chi connectivity index (χ4n) is 5.72. The Balaban J connectivity index is 1.21. The van der Waals surface area contributed by atoms with Crippen LogP contribution in [0.3, 0.4) is 0 Å². The van der Waals surface area contributed by atoms with Gasteiger partial charge in [-0.2, -0.15) is 0 Å². The van der Waals surface area contributed by atoms with Gasteiger partial charge in [0.25, 0.3) is 0 Å². The third kappa shape index (κ3) is 6.25. The molecule has 3 aromatic rings. The highest BCUT2D eigenvalue weighted by molar-refractivity contribution is 9.10. The summed E-state index contributed by atoms with van der Waals surface area (Å²) in [7, 11) is 0. The first-order chi connectivity index (χ1) is 19.5. The van der Waals surface area contributed by atoms with E-state index in [0.717, 1.165) is 52.1 Å². The lowest BCUT2D eigenvalue weighted by atomic mass is 9.83. The van der Waals surface area contributed by atoms with Crippen LogP contribution in [0.5, 0.6) is 0 Å². The Bertz CT molecular complexity index is 1300. The largest absolute Gasteiger partial charge is 0.462 e. The van der Waals surface area contributed by atoms with Crippen LogP contribution in [0.2, 0.25) is 0 Å². The van der Waals surface area contributed by atoms with Crippen molar-refractivity contribution >= 4 is 39.2 Å². The first-order valence-electron chi connectivity index (χ1n) is 14.3. The summed E-state index contributed by atoms with van der Waals surface area (Å²) < 4.78 is 20.1. The molecule has 1 heterocycles. The van der Waals surface area contributed by atoms with Crippen molar-refractivity contribution in [2.75, 3.05) is 6.61 Å². The summed E-state index contributed by atoms with van der Waals surface area (Å²) in [6.45, 7) is 2.20.